The van der Waals surface area contributed by atoms with Gasteiger partial charge >= 0.3 is 0 Å². The molecule has 2 heterocycles. The third-order valence-corrected chi connectivity index (χ3v) is 2.60. The van der Waals surface area contributed by atoms with Crippen LogP contribution < -0.4 is 10.1 Å². The molecule has 0 aliphatic rings. The zero-order chi connectivity index (χ0) is 12.3. The van der Waals surface area contributed by atoms with E-state index in [2.05, 4.69) is 20.5 Å². The van der Waals surface area contributed by atoms with E-state index < -0.39 is 0 Å². The van der Waals surface area contributed by atoms with Crippen LogP contribution in [0.2, 0.25) is 0 Å². The Morgan fingerprint density at radius 3 is 2.71 bits per heavy atom. The fourth-order valence-electron chi connectivity index (χ4n) is 1.64. The number of aryl methyl sites for hydroxylation is 2. The molecule has 0 aliphatic carbocycles. The summed E-state index contributed by atoms with van der Waals surface area (Å²) in [5.74, 6) is 0.629. The minimum Gasteiger partial charge on any atom is -0.481 e. The molecule has 0 aliphatic heterocycles. The summed E-state index contributed by atoms with van der Waals surface area (Å²) in [6, 6.07) is 3.84. The van der Waals surface area contributed by atoms with E-state index in [1.54, 1.807) is 13.3 Å². The Kier molecular flexibility index (Phi) is 3.27. The highest BCUT2D eigenvalue weighted by Crippen LogP contribution is 2.17. The average molecular weight is 232 g/mol. The Labute approximate surface area is 100 Å². The van der Waals surface area contributed by atoms with Crippen LogP contribution in [0, 0.1) is 13.8 Å². The second-order valence-corrected chi connectivity index (χ2v) is 3.87. The lowest BCUT2D eigenvalue weighted by Gasteiger charge is -2.06. The molecule has 0 amide bonds. The van der Waals surface area contributed by atoms with Gasteiger partial charge < -0.3 is 10.1 Å². The van der Waals surface area contributed by atoms with Gasteiger partial charge in [-0.3, -0.25) is 5.10 Å². The van der Waals surface area contributed by atoms with Gasteiger partial charge in [0.15, 0.2) is 0 Å². The van der Waals surface area contributed by atoms with E-state index >= 15 is 0 Å². The molecule has 0 atom stereocenters. The number of ether oxygens (including phenoxy) is 1. The number of aromatic nitrogens is 3. The predicted octanol–water partition coefficient (Wildman–Crippen LogP) is 2.04. The second kappa shape index (κ2) is 4.86. The summed E-state index contributed by atoms with van der Waals surface area (Å²) in [7, 11) is 1.61. The number of methoxy groups -OCH3 is 1. The first-order valence-electron chi connectivity index (χ1n) is 5.45. The first-order chi connectivity index (χ1) is 8.20. The number of rotatable bonds is 4. The molecule has 0 saturated carbocycles. The van der Waals surface area contributed by atoms with Gasteiger partial charge in [0.05, 0.1) is 24.2 Å². The Morgan fingerprint density at radius 1 is 1.35 bits per heavy atom. The standard InChI is InChI=1S/C12H16N4O/c1-8-12(9(2)16-15-8)14-7-10-4-5-11(17-3)13-6-10/h4-6,14H,7H2,1-3H3,(H,15,16). The van der Waals surface area contributed by atoms with Crippen molar-refractivity contribution < 1.29 is 4.74 Å². The van der Waals surface area contributed by atoms with Gasteiger partial charge in [0, 0.05) is 18.8 Å². The number of hydrogen-bond acceptors (Lipinski definition) is 4. The van der Waals surface area contributed by atoms with Crippen LogP contribution >= 0.6 is 0 Å². The van der Waals surface area contributed by atoms with Gasteiger partial charge in [0.1, 0.15) is 0 Å². The van der Waals surface area contributed by atoms with E-state index in [9.17, 15) is 0 Å². The van der Waals surface area contributed by atoms with Crippen LogP contribution in [0.25, 0.3) is 0 Å². The van der Waals surface area contributed by atoms with Gasteiger partial charge in [-0.25, -0.2) is 4.98 Å². The van der Waals surface area contributed by atoms with E-state index in [0.29, 0.717) is 5.88 Å². The number of pyridine rings is 1. The summed E-state index contributed by atoms with van der Waals surface area (Å²) in [6.07, 6.45) is 1.80. The zero-order valence-corrected chi connectivity index (χ0v) is 10.2. The van der Waals surface area contributed by atoms with Crippen molar-refractivity contribution in [1.82, 2.24) is 15.2 Å². The van der Waals surface area contributed by atoms with Crippen LogP contribution in [0.5, 0.6) is 5.88 Å². The highest BCUT2D eigenvalue weighted by molar-refractivity contribution is 5.51. The van der Waals surface area contributed by atoms with Gasteiger partial charge in [-0.2, -0.15) is 5.10 Å². The Balaban J connectivity index is 2.02. The SMILES string of the molecule is COc1ccc(CNc2c(C)n[nH]c2C)cn1. The van der Waals surface area contributed by atoms with Crippen LogP contribution in [-0.2, 0) is 6.54 Å². The van der Waals surface area contributed by atoms with Crippen molar-refractivity contribution in [3.05, 3.63) is 35.3 Å². The van der Waals surface area contributed by atoms with E-state index in [0.717, 1.165) is 29.2 Å². The molecule has 2 N–H and O–H groups in total. The molecule has 17 heavy (non-hydrogen) atoms. The molecule has 5 heteroatoms. The third-order valence-electron chi connectivity index (χ3n) is 2.60. The minimum absolute atomic E-state index is 0.629. The third kappa shape index (κ3) is 2.55. The summed E-state index contributed by atoms with van der Waals surface area (Å²) in [6.45, 7) is 4.69. The van der Waals surface area contributed by atoms with Gasteiger partial charge in [-0.05, 0) is 19.4 Å². The molecular formula is C12H16N4O. The highest BCUT2D eigenvalue weighted by Gasteiger charge is 2.05. The summed E-state index contributed by atoms with van der Waals surface area (Å²) >= 11 is 0. The normalized spacial score (nSPS) is 10.3. The molecule has 2 rings (SSSR count). The lowest BCUT2D eigenvalue weighted by molar-refractivity contribution is 0.397. The van der Waals surface area contributed by atoms with Crippen molar-refractivity contribution in [3.8, 4) is 5.88 Å². The number of anilines is 1. The Morgan fingerprint density at radius 2 is 2.18 bits per heavy atom. The molecule has 0 unspecified atom stereocenters. The van der Waals surface area contributed by atoms with Gasteiger partial charge in [-0.1, -0.05) is 6.07 Å². The van der Waals surface area contributed by atoms with E-state index in [1.807, 2.05) is 26.0 Å². The zero-order valence-electron chi connectivity index (χ0n) is 10.2. The largest absolute Gasteiger partial charge is 0.481 e. The first-order valence-corrected chi connectivity index (χ1v) is 5.45. The van der Waals surface area contributed by atoms with Crippen molar-refractivity contribution >= 4 is 5.69 Å². The molecule has 0 saturated heterocycles. The summed E-state index contributed by atoms with van der Waals surface area (Å²) < 4.78 is 5.01. The van der Waals surface area contributed by atoms with E-state index in [4.69, 9.17) is 4.74 Å². The van der Waals surface area contributed by atoms with Gasteiger partial charge in [-0.15, -0.1) is 0 Å². The number of nitrogens with one attached hydrogen (secondary N) is 2. The number of H-pyrrole nitrogens is 1. The quantitative estimate of drug-likeness (QED) is 0.846. The van der Waals surface area contributed by atoms with E-state index in [1.165, 1.54) is 0 Å². The summed E-state index contributed by atoms with van der Waals surface area (Å²) in [5.41, 5.74) is 4.18. The maximum Gasteiger partial charge on any atom is 0.212 e. The van der Waals surface area contributed by atoms with Gasteiger partial charge in [0.25, 0.3) is 0 Å². The van der Waals surface area contributed by atoms with Crippen LogP contribution in [0.15, 0.2) is 18.3 Å². The topological polar surface area (TPSA) is 62.8 Å². The summed E-state index contributed by atoms with van der Waals surface area (Å²) in [5, 5.41) is 10.4. The average Bonchev–Trinajstić information content (AvgIpc) is 2.67. The molecule has 5 nitrogen and oxygen atoms in total. The number of aromatic amines is 1. The molecule has 2 aromatic heterocycles. The monoisotopic (exact) mass is 232 g/mol. The molecule has 0 bridgehead atoms. The number of hydrogen-bond donors (Lipinski definition) is 2. The van der Waals surface area contributed by atoms with Crippen molar-refractivity contribution in [1.29, 1.82) is 0 Å². The first kappa shape index (κ1) is 11.4. The molecular weight excluding hydrogens is 216 g/mol. The molecule has 0 aromatic carbocycles. The van der Waals surface area contributed by atoms with Crippen LogP contribution in [0.4, 0.5) is 5.69 Å². The van der Waals surface area contributed by atoms with Crippen molar-refractivity contribution in [2.75, 3.05) is 12.4 Å². The lowest BCUT2D eigenvalue weighted by atomic mass is 10.2. The smallest absolute Gasteiger partial charge is 0.212 e. The molecule has 90 valence electrons. The predicted molar refractivity (Wildman–Crippen MR) is 66.2 cm³/mol. The molecule has 2 aromatic rings. The molecule has 0 radical (unpaired) electrons. The second-order valence-electron chi connectivity index (χ2n) is 3.87. The fraction of sp³-hybridized carbons (Fsp3) is 0.333. The maximum absolute atomic E-state index is 5.01. The van der Waals surface area contributed by atoms with Crippen molar-refractivity contribution in [3.63, 3.8) is 0 Å². The number of nitrogens with zero attached hydrogens (tertiary/aromatic N) is 2. The van der Waals surface area contributed by atoms with Gasteiger partial charge in [0.2, 0.25) is 5.88 Å². The van der Waals surface area contributed by atoms with Crippen LogP contribution in [0.1, 0.15) is 17.0 Å². The summed E-state index contributed by atoms with van der Waals surface area (Å²) in [4.78, 5) is 4.16. The molecule has 0 spiro atoms. The minimum atomic E-state index is 0.629. The maximum atomic E-state index is 5.01. The Bertz CT molecular complexity index is 470. The molecule has 0 fully saturated rings. The van der Waals surface area contributed by atoms with E-state index in [-0.39, 0.29) is 0 Å². The lowest BCUT2D eigenvalue weighted by Crippen LogP contribution is -2.01. The van der Waals surface area contributed by atoms with Crippen molar-refractivity contribution in [2.45, 2.75) is 20.4 Å². The fourth-order valence-corrected chi connectivity index (χ4v) is 1.64. The van der Waals surface area contributed by atoms with Crippen LogP contribution in [-0.4, -0.2) is 22.3 Å². The highest BCUT2D eigenvalue weighted by atomic mass is 16.5. The Hall–Kier alpha value is -2.04. The van der Waals surface area contributed by atoms with Crippen molar-refractivity contribution in [2.24, 2.45) is 0 Å². The van der Waals surface area contributed by atoms with Crippen LogP contribution in [0.3, 0.4) is 0 Å².